The van der Waals surface area contributed by atoms with E-state index in [1.165, 1.54) is 0 Å². The smallest absolute Gasteiger partial charge is 0.315 e. The van der Waals surface area contributed by atoms with Gasteiger partial charge in [-0.05, 0) is 42.5 Å². The van der Waals surface area contributed by atoms with Crippen molar-refractivity contribution in [3.8, 4) is 23.3 Å². The minimum Gasteiger partial charge on any atom is -0.487 e. The molecule has 0 N–H and O–H groups in total. The SMILES string of the molecule is CC1(C)C(Oc2ccc(Br)cc2Cl)C1C(=O)OC(C#N)c1cccc(Oc2ccccc2)c1. The fourth-order valence-electron chi connectivity index (χ4n) is 3.67. The summed E-state index contributed by atoms with van der Waals surface area (Å²) in [5.41, 5.74) is 0.0809. The van der Waals surface area contributed by atoms with Crippen molar-refractivity contribution in [2.24, 2.45) is 11.3 Å². The van der Waals surface area contributed by atoms with Crippen LogP contribution in [-0.2, 0) is 9.53 Å². The molecule has 4 rings (SSSR count). The number of para-hydroxylation sites is 1. The van der Waals surface area contributed by atoms with Crippen LogP contribution < -0.4 is 9.47 Å². The van der Waals surface area contributed by atoms with Gasteiger partial charge in [0.05, 0.1) is 5.02 Å². The second-order valence-electron chi connectivity index (χ2n) is 8.35. The van der Waals surface area contributed by atoms with E-state index in [0.29, 0.717) is 27.8 Å². The lowest BCUT2D eigenvalue weighted by atomic mass is 10.1. The number of rotatable bonds is 7. The zero-order valence-corrected chi connectivity index (χ0v) is 20.3. The second kappa shape index (κ2) is 9.46. The summed E-state index contributed by atoms with van der Waals surface area (Å²) in [5, 5.41) is 10.1. The lowest BCUT2D eigenvalue weighted by Crippen LogP contribution is -2.16. The van der Waals surface area contributed by atoms with Crippen molar-refractivity contribution in [2.45, 2.75) is 26.1 Å². The van der Waals surface area contributed by atoms with E-state index >= 15 is 0 Å². The molecule has 0 radical (unpaired) electrons. The van der Waals surface area contributed by atoms with Crippen molar-refractivity contribution in [1.82, 2.24) is 0 Å². The minimum absolute atomic E-state index is 0.407. The number of benzene rings is 3. The fraction of sp³-hybridized carbons (Fsp3) is 0.231. The predicted octanol–water partition coefficient (Wildman–Crippen LogP) is 7.11. The molecular weight excluding hydrogens is 506 g/mol. The number of hydrogen-bond acceptors (Lipinski definition) is 5. The average Bonchev–Trinajstić information content (AvgIpc) is 3.34. The summed E-state index contributed by atoms with van der Waals surface area (Å²) in [6.07, 6.45) is -1.47. The van der Waals surface area contributed by atoms with E-state index in [1.54, 1.807) is 36.4 Å². The highest BCUT2D eigenvalue weighted by Crippen LogP contribution is 2.55. The van der Waals surface area contributed by atoms with Crippen LogP contribution in [-0.4, -0.2) is 12.1 Å². The van der Waals surface area contributed by atoms with Crippen molar-refractivity contribution in [3.05, 3.63) is 87.9 Å². The summed E-state index contributed by atoms with van der Waals surface area (Å²) in [7, 11) is 0. The molecule has 0 amide bonds. The quantitative estimate of drug-likeness (QED) is 0.307. The molecule has 0 heterocycles. The van der Waals surface area contributed by atoms with Gasteiger partial charge in [-0.2, -0.15) is 5.26 Å². The molecule has 1 fully saturated rings. The van der Waals surface area contributed by atoms with Crippen LogP contribution in [0.2, 0.25) is 5.02 Å². The van der Waals surface area contributed by atoms with Gasteiger partial charge in [0, 0.05) is 15.5 Å². The number of carbonyl (C=O) groups excluding carboxylic acids is 1. The molecule has 0 bridgehead atoms. The molecule has 1 aliphatic carbocycles. The summed E-state index contributed by atoms with van der Waals surface area (Å²) < 4.78 is 18.3. The Kier molecular flexibility index (Phi) is 6.64. The summed E-state index contributed by atoms with van der Waals surface area (Å²) >= 11 is 9.62. The average molecular weight is 527 g/mol. The maximum atomic E-state index is 13.0. The lowest BCUT2D eigenvalue weighted by molar-refractivity contribution is -0.149. The van der Waals surface area contributed by atoms with Crippen molar-refractivity contribution in [3.63, 3.8) is 0 Å². The largest absolute Gasteiger partial charge is 0.487 e. The van der Waals surface area contributed by atoms with Crippen LogP contribution in [0.3, 0.4) is 0 Å². The van der Waals surface area contributed by atoms with Crippen molar-refractivity contribution in [1.29, 1.82) is 5.26 Å². The first-order chi connectivity index (χ1) is 15.8. The molecule has 0 spiro atoms. The molecule has 3 unspecified atom stereocenters. The molecule has 7 heteroatoms. The van der Waals surface area contributed by atoms with Gasteiger partial charge in [-0.15, -0.1) is 0 Å². The summed E-state index contributed by atoms with van der Waals surface area (Å²) in [6, 6.07) is 23.6. The van der Waals surface area contributed by atoms with Gasteiger partial charge in [0.1, 0.15) is 35.3 Å². The Balaban J connectivity index is 1.45. The van der Waals surface area contributed by atoms with Gasteiger partial charge in [-0.1, -0.05) is 71.7 Å². The van der Waals surface area contributed by atoms with Crippen LogP contribution >= 0.6 is 27.5 Å². The Morgan fingerprint density at radius 3 is 2.48 bits per heavy atom. The second-order valence-corrected chi connectivity index (χ2v) is 9.67. The van der Waals surface area contributed by atoms with Crippen LogP contribution in [0.25, 0.3) is 0 Å². The van der Waals surface area contributed by atoms with Gasteiger partial charge in [-0.3, -0.25) is 4.79 Å². The standard InChI is InChI=1S/C26H21BrClNO4/c1-26(2)23(24(26)32-21-12-11-17(27)14-20(21)28)25(30)33-22(15-29)16-7-6-10-19(13-16)31-18-8-4-3-5-9-18/h3-14,22-24H,1-2H3. The molecule has 1 saturated carbocycles. The summed E-state index contributed by atoms with van der Waals surface area (Å²) in [6.45, 7) is 3.85. The molecule has 3 atom stereocenters. The molecule has 0 aliphatic heterocycles. The molecule has 1 aliphatic rings. The first-order valence-electron chi connectivity index (χ1n) is 10.3. The number of nitrogens with zero attached hydrogens (tertiary/aromatic N) is 1. The van der Waals surface area contributed by atoms with Gasteiger partial charge in [-0.25, -0.2) is 0 Å². The minimum atomic E-state index is -1.06. The molecule has 3 aromatic carbocycles. The maximum Gasteiger partial charge on any atom is 0.315 e. The van der Waals surface area contributed by atoms with E-state index in [-0.39, 0.29) is 0 Å². The zero-order valence-electron chi connectivity index (χ0n) is 18.0. The Morgan fingerprint density at radius 1 is 1.06 bits per heavy atom. The van der Waals surface area contributed by atoms with E-state index < -0.39 is 29.5 Å². The van der Waals surface area contributed by atoms with Crippen LogP contribution in [0, 0.1) is 22.7 Å². The van der Waals surface area contributed by atoms with E-state index in [2.05, 4.69) is 22.0 Å². The van der Waals surface area contributed by atoms with Gasteiger partial charge in [0.2, 0.25) is 6.10 Å². The maximum absolute atomic E-state index is 13.0. The van der Waals surface area contributed by atoms with Crippen LogP contribution in [0.4, 0.5) is 0 Å². The fourth-order valence-corrected chi connectivity index (χ4v) is 4.39. The van der Waals surface area contributed by atoms with Crippen molar-refractivity contribution >= 4 is 33.5 Å². The molecule has 5 nitrogen and oxygen atoms in total. The molecular formula is C26H21BrClNO4. The highest BCUT2D eigenvalue weighted by atomic mass is 79.9. The van der Waals surface area contributed by atoms with E-state index in [9.17, 15) is 10.1 Å². The van der Waals surface area contributed by atoms with Gasteiger partial charge >= 0.3 is 5.97 Å². The molecule has 33 heavy (non-hydrogen) atoms. The van der Waals surface area contributed by atoms with Gasteiger partial charge in [0.15, 0.2) is 0 Å². The van der Waals surface area contributed by atoms with Crippen LogP contribution in [0.5, 0.6) is 17.2 Å². The van der Waals surface area contributed by atoms with Gasteiger partial charge < -0.3 is 14.2 Å². The number of nitriles is 1. The normalized spacial score (nSPS) is 19.1. The Bertz CT molecular complexity index is 1210. The first-order valence-corrected chi connectivity index (χ1v) is 11.5. The summed E-state index contributed by atoms with van der Waals surface area (Å²) in [5.74, 6) is 0.714. The first kappa shape index (κ1) is 23.2. The van der Waals surface area contributed by atoms with E-state index in [4.69, 9.17) is 25.8 Å². The topological polar surface area (TPSA) is 68.5 Å². The number of carbonyl (C=O) groups is 1. The zero-order chi connectivity index (χ0) is 23.6. The third-order valence-electron chi connectivity index (χ3n) is 5.62. The third kappa shape index (κ3) is 5.16. The number of esters is 1. The Morgan fingerprint density at radius 2 is 1.79 bits per heavy atom. The predicted molar refractivity (Wildman–Crippen MR) is 128 cm³/mol. The van der Waals surface area contributed by atoms with Crippen molar-refractivity contribution < 1.29 is 19.0 Å². The molecule has 168 valence electrons. The third-order valence-corrected chi connectivity index (χ3v) is 6.41. The summed E-state index contributed by atoms with van der Waals surface area (Å²) in [4.78, 5) is 13.0. The number of hydrogen-bond donors (Lipinski definition) is 0. The Hall–Kier alpha value is -3.01. The van der Waals surface area contributed by atoms with Crippen LogP contribution in [0.1, 0.15) is 25.5 Å². The van der Waals surface area contributed by atoms with Gasteiger partial charge in [0.25, 0.3) is 0 Å². The monoisotopic (exact) mass is 525 g/mol. The number of ether oxygens (including phenoxy) is 3. The Labute approximate surface area is 206 Å². The van der Waals surface area contributed by atoms with Crippen molar-refractivity contribution in [2.75, 3.05) is 0 Å². The molecule has 3 aromatic rings. The lowest BCUT2D eigenvalue weighted by Gasteiger charge is -2.13. The highest BCUT2D eigenvalue weighted by Gasteiger charge is 2.65. The highest BCUT2D eigenvalue weighted by molar-refractivity contribution is 9.10. The number of halogens is 2. The molecule has 0 saturated heterocycles. The van der Waals surface area contributed by atoms with Crippen LogP contribution in [0.15, 0.2) is 77.3 Å². The van der Waals surface area contributed by atoms with E-state index in [0.717, 1.165) is 4.47 Å². The molecule has 0 aromatic heterocycles. The van der Waals surface area contributed by atoms with E-state index in [1.807, 2.05) is 50.2 Å².